The van der Waals surface area contributed by atoms with Crippen LogP contribution in [-0.4, -0.2) is 47.6 Å². The van der Waals surface area contributed by atoms with Gasteiger partial charge in [0.2, 0.25) is 0 Å². The van der Waals surface area contributed by atoms with Gasteiger partial charge in [0.1, 0.15) is 0 Å². The Morgan fingerprint density at radius 3 is 2.48 bits per heavy atom. The second-order valence-corrected chi connectivity index (χ2v) is 7.94. The number of aromatic nitrogens is 1. The number of hydrogen-bond acceptors (Lipinski definition) is 4. The van der Waals surface area contributed by atoms with Crippen LogP contribution in [0.15, 0.2) is 54.6 Å². The van der Waals surface area contributed by atoms with E-state index in [2.05, 4.69) is 15.2 Å². The normalized spacial score (nSPS) is 14.4. The molecule has 0 unspecified atom stereocenters. The molecule has 1 aliphatic rings. The van der Waals surface area contributed by atoms with E-state index in [0.717, 1.165) is 48.2 Å². The monoisotopic (exact) mass is 459 g/mol. The van der Waals surface area contributed by atoms with Crippen molar-refractivity contribution in [3.05, 3.63) is 60.2 Å². The van der Waals surface area contributed by atoms with Crippen molar-refractivity contribution in [2.24, 2.45) is 0 Å². The van der Waals surface area contributed by atoms with Gasteiger partial charge in [-0.05, 0) is 63.2 Å². The van der Waals surface area contributed by atoms with Crippen molar-refractivity contribution in [2.45, 2.75) is 31.9 Å². The third kappa shape index (κ3) is 6.92. The zero-order valence-electron chi connectivity index (χ0n) is 18.3. The Morgan fingerprint density at radius 2 is 1.76 bits per heavy atom. The maximum atomic E-state index is 13.1. The molecule has 1 fully saturated rings. The van der Waals surface area contributed by atoms with E-state index in [0.29, 0.717) is 11.3 Å². The number of fused-ring (bicyclic) bond motifs is 1. The van der Waals surface area contributed by atoms with Crippen LogP contribution in [0.25, 0.3) is 22.2 Å². The number of piperidine rings is 1. The maximum Gasteiger partial charge on any atom is 0.416 e. The number of carbonyl (C=O) groups is 1. The lowest BCUT2D eigenvalue weighted by molar-refractivity contribution is -0.137. The summed E-state index contributed by atoms with van der Waals surface area (Å²) in [4.78, 5) is 15.5. The third-order valence-corrected chi connectivity index (χ3v) is 5.62. The molecule has 176 valence electrons. The van der Waals surface area contributed by atoms with Crippen molar-refractivity contribution in [1.29, 1.82) is 0 Å². The standard InChI is InChI=1S/C24H26F3N3.CH2O2/c25-24(26,27)19-9-6-8-18(16-19)22-17-23(20-10-2-3-11-21(20)29-22)28-12-7-15-30-13-4-1-5-14-30;2-1-3/h2-3,6,8-11,16-17H,1,4-5,7,12-15H2,(H,28,29);1H,(H,2,3). The van der Waals surface area contributed by atoms with Gasteiger partial charge in [-0.15, -0.1) is 0 Å². The Kier molecular flexibility index (Phi) is 8.65. The van der Waals surface area contributed by atoms with Gasteiger partial charge in [-0.2, -0.15) is 13.2 Å². The van der Waals surface area contributed by atoms with E-state index in [1.54, 1.807) is 6.07 Å². The molecular weight excluding hydrogens is 431 g/mol. The van der Waals surface area contributed by atoms with Gasteiger partial charge in [0.05, 0.1) is 16.8 Å². The summed E-state index contributed by atoms with van der Waals surface area (Å²) in [7, 11) is 0. The summed E-state index contributed by atoms with van der Waals surface area (Å²) < 4.78 is 39.4. The molecule has 5 nitrogen and oxygen atoms in total. The predicted octanol–water partition coefficient (Wildman–Crippen LogP) is 5.91. The zero-order chi connectivity index (χ0) is 23.7. The van der Waals surface area contributed by atoms with Crippen LogP contribution in [0.4, 0.5) is 18.9 Å². The Balaban J connectivity index is 0.000000968. The number of anilines is 1. The molecular formula is C25H28F3N3O2. The Bertz CT molecular complexity index is 1050. The second-order valence-electron chi connectivity index (χ2n) is 7.94. The van der Waals surface area contributed by atoms with Crippen LogP contribution in [0.2, 0.25) is 0 Å². The molecule has 0 atom stereocenters. The molecule has 2 aromatic carbocycles. The van der Waals surface area contributed by atoms with Crippen LogP contribution in [0.3, 0.4) is 0 Å². The number of hydrogen-bond donors (Lipinski definition) is 2. The van der Waals surface area contributed by atoms with Gasteiger partial charge >= 0.3 is 6.18 Å². The minimum absolute atomic E-state index is 0.250. The Hall–Kier alpha value is -3.13. The first-order valence-corrected chi connectivity index (χ1v) is 11.0. The van der Waals surface area contributed by atoms with E-state index < -0.39 is 11.7 Å². The van der Waals surface area contributed by atoms with Gasteiger partial charge in [-0.3, -0.25) is 4.79 Å². The smallest absolute Gasteiger partial charge is 0.416 e. The van der Waals surface area contributed by atoms with Gasteiger partial charge in [0, 0.05) is 23.2 Å². The predicted molar refractivity (Wildman–Crippen MR) is 124 cm³/mol. The third-order valence-electron chi connectivity index (χ3n) is 5.62. The first-order chi connectivity index (χ1) is 15.9. The van der Waals surface area contributed by atoms with E-state index in [1.165, 1.54) is 38.4 Å². The Morgan fingerprint density at radius 1 is 1.03 bits per heavy atom. The van der Waals surface area contributed by atoms with Gasteiger partial charge in [-0.25, -0.2) is 4.98 Å². The summed E-state index contributed by atoms with van der Waals surface area (Å²) in [5.41, 5.74) is 2.02. The molecule has 33 heavy (non-hydrogen) atoms. The summed E-state index contributed by atoms with van der Waals surface area (Å²) in [6, 6.07) is 14.9. The molecule has 0 spiro atoms. The fraction of sp³-hybridized carbons (Fsp3) is 0.360. The summed E-state index contributed by atoms with van der Waals surface area (Å²) in [5, 5.41) is 11.4. The summed E-state index contributed by atoms with van der Waals surface area (Å²) >= 11 is 0. The Labute approximate surface area is 191 Å². The number of para-hydroxylation sites is 1. The van der Waals surface area contributed by atoms with E-state index in [1.807, 2.05) is 30.3 Å². The molecule has 2 heterocycles. The van der Waals surface area contributed by atoms with Crippen LogP contribution < -0.4 is 5.32 Å². The molecule has 0 aliphatic carbocycles. The van der Waals surface area contributed by atoms with Gasteiger partial charge in [0.15, 0.2) is 0 Å². The van der Waals surface area contributed by atoms with E-state index in [9.17, 15) is 13.2 Å². The first kappa shape index (κ1) is 24.5. The highest BCUT2D eigenvalue weighted by atomic mass is 19.4. The highest BCUT2D eigenvalue weighted by Gasteiger charge is 2.30. The minimum Gasteiger partial charge on any atom is -0.483 e. The van der Waals surface area contributed by atoms with E-state index in [4.69, 9.17) is 9.90 Å². The van der Waals surface area contributed by atoms with Crippen molar-refractivity contribution < 1.29 is 23.1 Å². The molecule has 0 saturated carbocycles. The fourth-order valence-electron chi connectivity index (χ4n) is 4.03. The van der Waals surface area contributed by atoms with Gasteiger partial charge in [-0.1, -0.05) is 36.8 Å². The van der Waals surface area contributed by atoms with Crippen molar-refractivity contribution in [2.75, 3.05) is 31.5 Å². The first-order valence-electron chi connectivity index (χ1n) is 11.0. The number of alkyl halides is 3. The van der Waals surface area contributed by atoms with Crippen LogP contribution >= 0.6 is 0 Å². The van der Waals surface area contributed by atoms with Crippen LogP contribution in [0.5, 0.6) is 0 Å². The highest BCUT2D eigenvalue weighted by Crippen LogP contribution is 2.33. The topological polar surface area (TPSA) is 65.5 Å². The summed E-state index contributed by atoms with van der Waals surface area (Å²) in [5.74, 6) is 0. The van der Waals surface area contributed by atoms with Crippen LogP contribution in [0, 0.1) is 0 Å². The largest absolute Gasteiger partial charge is 0.483 e. The molecule has 4 rings (SSSR count). The molecule has 8 heteroatoms. The van der Waals surface area contributed by atoms with E-state index >= 15 is 0 Å². The number of pyridine rings is 1. The second kappa shape index (κ2) is 11.7. The lowest BCUT2D eigenvalue weighted by Gasteiger charge is -2.26. The molecule has 0 bridgehead atoms. The average Bonchev–Trinajstić information content (AvgIpc) is 2.82. The van der Waals surface area contributed by atoms with Crippen LogP contribution in [0.1, 0.15) is 31.2 Å². The highest BCUT2D eigenvalue weighted by molar-refractivity contribution is 5.93. The minimum atomic E-state index is -4.37. The molecule has 1 aromatic heterocycles. The van der Waals surface area contributed by atoms with Crippen molar-refractivity contribution in [3.8, 4) is 11.3 Å². The summed E-state index contributed by atoms with van der Waals surface area (Å²) in [6.45, 7) is 3.98. The molecule has 0 radical (unpaired) electrons. The van der Waals surface area contributed by atoms with Gasteiger partial charge in [0.25, 0.3) is 6.47 Å². The molecule has 2 N–H and O–H groups in total. The molecule has 1 saturated heterocycles. The number of likely N-dealkylation sites (tertiary alicyclic amines) is 1. The number of halogens is 3. The van der Waals surface area contributed by atoms with Gasteiger partial charge < -0.3 is 15.3 Å². The number of nitrogens with one attached hydrogen (secondary N) is 1. The van der Waals surface area contributed by atoms with Crippen molar-refractivity contribution in [1.82, 2.24) is 9.88 Å². The quantitative estimate of drug-likeness (QED) is 0.354. The molecule has 1 aliphatic heterocycles. The molecule has 3 aromatic rings. The van der Waals surface area contributed by atoms with E-state index in [-0.39, 0.29) is 6.47 Å². The number of nitrogens with zero attached hydrogens (tertiary/aromatic N) is 2. The molecule has 0 amide bonds. The number of carboxylic acid groups (broad SMARTS) is 1. The lowest BCUT2D eigenvalue weighted by atomic mass is 10.0. The van der Waals surface area contributed by atoms with Crippen LogP contribution in [-0.2, 0) is 11.0 Å². The number of benzene rings is 2. The summed E-state index contributed by atoms with van der Waals surface area (Å²) in [6.07, 6.45) is 0.541. The average molecular weight is 460 g/mol. The zero-order valence-corrected chi connectivity index (χ0v) is 18.3. The lowest BCUT2D eigenvalue weighted by Crippen LogP contribution is -2.31. The maximum absolute atomic E-state index is 13.1. The number of rotatable bonds is 6. The fourth-order valence-corrected chi connectivity index (χ4v) is 4.03. The van der Waals surface area contributed by atoms with Crippen molar-refractivity contribution >= 4 is 23.1 Å². The van der Waals surface area contributed by atoms with Crippen molar-refractivity contribution in [3.63, 3.8) is 0 Å². The SMILES string of the molecule is FC(F)(F)c1cccc(-c2cc(NCCCN3CCCCC3)c3ccccc3n2)c1.O=CO.